The van der Waals surface area contributed by atoms with Crippen molar-refractivity contribution in [2.75, 3.05) is 0 Å². The lowest BCUT2D eigenvalue weighted by molar-refractivity contribution is 0.00578. The number of benzene rings is 1. The molecule has 2 aliphatic heterocycles. The zero-order valence-electron chi connectivity index (χ0n) is 18.9. The molecule has 0 atom stereocenters. The van der Waals surface area contributed by atoms with Crippen LogP contribution in [0.25, 0.3) is 20.2 Å². The second-order valence-electron chi connectivity index (χ2n) is 10.4. The van der Waals surface area contributed by atoms with Gasteiger partial charge in [-0.1, -0.05) is 6.07 Å². The molecule has 2 aliphatic rings. The molecule has 2 saturated heterocycles. The van der Waals surface area contributed by atoms with Gasteiger partial charge in [-0.05, 0) is 79.0 Å². The molecule has 0 aliphatic carbocycles. The van der Waals surface area contributed by atoms with E-state index in [-0.39, 0.29) is 36.6 Å². The Kier molecular flexibility index (Phi) is 4.43. The quantitative estimate of drug-likeness (QED) is 0.539. The van der Waals surface area contributed by atoms with E-state index in [9.17, 15) is 0 Å². The van der Waals surface area contributed by atoms with Gasteiger partial charge in [0.15, 0.2) is 0 Å². The second kappa shape index (κ2) is 6.33. The zero-order chi connectivity index (χ0) is 21.7. The summed E-state index contributed by atoms with van der Waals surface area (Å²) in [4.78, 5) is 0. The Morgan fingerprint density at radius 2 is 1.10 bits per heavy atom. The molecule has 1 aromatic carbocycles. The van der Waals surface area contributed by atoms with Crippen LogP contribution in [0.15, 0.2) is 24.3 Å². The van der Waals surface area contributed by atoms with Gasteiger partial charge in [-0.25, -0.2) is 0 Å². The van der Waals surface area contributed by atoms with E-state index in [4.69, 9.17) is 18.6 Å². The van der Waals surface area contributed by atoms with Gasteiger partial charge in [0.05, 0.1) is 22.4 Å². The predicted molar refractivity (Wildman–Crippen MR) is 129 cm³/mol. The third-order valence-corrected chi connectivity index (χ3v) is 9.52. The summed E-state index contributed by atoms with van der Waals surface area (Å²) in [6, 6.07) is 8.81. The van der Waals surface area contributed by atoms with Gasteiger partial charge in [0.2, 0.25) is 0 Å². The molecular formula is C22H28B2O4S2. The van der Waals surface area contributed by atoms with Crippen LogP contribution in [0.5, 0.6) is 0 Å². The fourth-order valence-corrected chi connectivity index (χ4v) is 6.03. The maximum absolute atomic E-state index is 6.28. The molecule has 3 aromatic rings. The maximum atomic E-state index is 6.28. The fraction of sp³-hybridized carbons (Fsp3) is 0.545. The number of thiophene rings is 2. The molecule has 0 bridgehead atoms. The van der Waals surface area contributed by atoms with Gasteiger partial charge >= 0.3 is 14.2 Å². The van der Waals surface area contributed by atoms with Crippen molar-refractivity contribution in [1.29, 1.82) is 0 Å². The highest BCUT2D eigenvalue weighted by Gasteiger charge is 2.53. The van der Waals surface area contributed by atoms with E-state index in [1.165, 1.54) is 20.2 Å². The summed E-state index contributed by atoms with van der Waals surface area (Å²) in [5.41, 5.74) is -1.35. The summed E-state index contributed by atoms with van der Waals surface area (Å²) in [7, 11) is -0.659. The van der Waals surface area contributed by atoms with Crippen molar-refractivity contribution in [1.82, 2.24) is 0 Å². The van der Waals surface area contributed by atoms with Gasteiger partial charge in [0, 0.05) is 24.3 Å². The molecule has 2 aromatic heterocycles. The van der Waals surface area contributed by atoms with Crippen LogP contribution in [0.4, 0.5) is 0 Å². The minimum Gasteiger partial charge on any atom is -0.399 e. The van der Waals surface area contributed by atoms with Gasteiger partial charge < -0.3 is 18.6 Å². The zero-order valence-corrected chi connectivity index (χ0v) is 20.5. The summed E-state index contributed by atoms with van der Waals surface area (Å²) in [6.45, 7) is 16.7. The minimum atomic E-state index is -0.338. The Balaban J connectivity index is 1.52. The van der Waals surface area contributed by atoms with Crippen LogP contribution in [0.2, 0.25) is 0 Å². The van der Waals surface area contributed by atoms with E-state index in [0.717, 1.165) is 9.55 Å². The number of fused-ring (bicyclic) bond motifs is 3. The first-order valence-electron chi connectivity index (χ1n) is 10.5. The molecule has 4 heterocycles. The molecule has 0 saturated carbocycles. The van der Waals surface area contributed by atoms with Crippen molar-refractivity contribution in [2.24, 2.45) is 0 Å². The Morgan fingerprint density at radius 3 is 1.60 bits per heavy atom. The van der Waals surface area contributed by atoms with Gasteiger partial charge in [0.1, 0.15) is 0 Å². The highest BCUT2D eigenvalue weighted by molar-refractivity contribution is 7.31. The van der Waals surface area contributed by atoms with E-state index in [1.807, 2.05) is 0 Å². The van der Waals surface area contributed by atoms with Crippen LogP contribution >= 0.6 is 22.7 Å². The van der Waals surface area contributed by atoms with Gasteiger partial charge in [-0.15, -0.1) is 22.7 Å². The summed E-state index contributed by atoms with van der Waals surface area (Å²) in [5.74, 6) is 0. The molecule has 0 unspecified atom stereocenters. The molecular weight excluding hydrogens is 414 g/mol. The number of hydrogen-bond donors (Lipinski definition) is 0. The normalized spacial score (nSPS) is 24.4. The van der Waals surface area contributed by atoms with Crippen molar-refractivity contribution >= 4 is 66.6 Å². The highest BCUT2D eigenvalue weighted by atomic mass is 32.1. The molecule has 0 N–H and O–H groups in total. The lowest BCUT2D eigenvalue weighted by Gasteiger charge is -2.32. The first kappa shape index (κ1) is 21.0. The van der Waals surface area contributed by atoms with E-state index in [0.29, 0.717) is 0 Å². The molecule has 0 radical (unpaired) electrons. The fourth-order valence-electron chi connectivity index (χ4n) is 3.80. The molecule has 158 valence electrons. The van der Waals surface area contributed by atoms with Crippen molar-refractivity contribution in [2.45, 2.75) is 77.8 Å². The van der Waals surface area contributed by atoms with Crippen LogP contribution in [0, 0.1) is 0 Å². The smallest absolute Gasteiger partial charge is 0.399 e. The van der Waals surface area contributed by atoms with Crippen LogP contribution in [0.1, 0.15) is 55.4 Å². The average Bonchev–Trinajstić information content (AvgIpc) is 3.30. The summed E-state index contributed by atoms with van der Waals surface area (Å²) < 4.78 is 29.8. The molecule has 5 rings (SSSR count). The largest absolute Gasteiger partial charge is 0.505 e. The van der Waals surface area contributed by atoms with Gasteiger partial charge in [-0.2, -0.15) is 0 Å². The van der Waals surface area contributed by atoms with Crippen LogP contribution in [-0.4, -0.2) is 36.6 Å². The SMILES string of the molecule is CC1(C)OB(c2cc3c(ccc4cc(B5OC(C)(C)C(C)(C)O5)sc43)s2)OC1(C)C. The van der Waals surface area contributed by atoms with Crippen molar-refractivity contribution in [3.8, 4) is 0 Å². The van der Waals surface area contributed by atoms with Crippen LogP contribution in [0.3, 0.4) is 0 Å². The first-order valence-corrected chi connectivity index (χ1v) is 12.1. The van der Waals surface area contributed by atoms with Crippen LogP contribution < -0.4 is 9.55 Å². The van der Waals surface area contributed by atoms with Crippen molar-refractivity contribution in [3.05, 3.63) is 24.3 Å². The third-order valence-electron chi connectivity index (χ3n) is 7.19. The summed E-state index contributed by atoms with van der Waals surface area (Å²) in [5, 5.41) is 2.46. The minimum absolute atomic E-state index is 0.329. The standard InChI is InChI=1S/C22H28B2O4S2/c1-19(2)20(3,4)26-23(25-19)16-11-13-9-10-15-14(18(13)30-16)12-17(29-15)24-27-21(5,6)22(7,8)28-24/h9-12H,1-8H3. The van der Waals surface area contributed by atoms with E-state index < -0.39 is 0 Å². The van der Waals surface area contributed by atoms with E-state index in [1.54, 1.807) is 22.7 Å². The predicted octanol–water partition coefficient (Wildman–Crippen LogP) is 4.71. The molecule has 8 heteroatoms. The monoisotopic (exact) mass is 442 g/mol. The van der Waals surface area contributed by atoms with Crippen LogP contribution in [-0.2, 0) is 18.6 Å². The second-order valence-corrected chi connectivity index (χ2v) is 12.6. The molecule has 0 amide bonds. The van der Waals surface area contributed by atoms with Gasteiger partial charge in [0.25, 0.3) is 0 Å². The average molecular weight is 442 g/mol. The lowest BCUT2D eigenvalue weighted by atomic mass is 9.87. The van der Waals surface area contributed by atoms with E-state index >= 15 is 0 Å². The molecule has 4 nitrogen and oxygen atoms in total. The Labute approximate surface area is 187 Å². The maximum Gasteiger partial charge on any atom is 0.505 e. The molecule has 0 spiro atoms. The number of rotatable bonds is 2. The lowest BCUT2D eigenvalue weighted by Crippen LogP contribution is -2.41. The Bertz CT molecular complexity index is 1020. The van der Waals surface area contributed by atoms with Gasteiger partial charge in [-0.3, -0.25) is 0 Å². The summed E-state index contributed by atoms with van der Waals surface area (Å²) >= 11 is 3.50. The first-order chi connectivity index (χ1) is 13.8. The Hall–Kier alpha value is -0.890. The topological polar surface area (TPSA) is 36.9 Å². The number of hydrogen-bond acceptors (Lipinski definition) is 6. The van der Waals surface area contributed by atoms with E-state index in [2.05, 4.69) is 79.7 Å². The Morgan fingerprint density at radius 1 is 0.633 bits per heavy atom. The van der Waals surface area contributed by atoms with Crippen molar-refractivity contribution < 1.29 is 18.6 Å². The summed E-state index contributed by atoms with van der Waals surface area (Å²) in [6.07, 6.45) is 0. The molecule has 30 heavy (non-hydrogen) atoms. The molecule has 2 fully saturated rings. The van der Waals surface area contributed by atoms with Crippen molar-refractivity contribution in [3.63, 3.8) is 0 Å². The third kappa shape index (κ3) is 3.03. The highest BCUT2D eigenvalue weighted by Crippen LogP contribution is 2.40.